The Labute approximate surface area is 165 Å². The minimum atomic E-state index is -1.61. The third kappa shape index (κ3) is 6.38. The van der Waals surface area contributed by atoms with Gasteiger partial charge in [0.25, 0.3) is 0 Å². The molecule has 3 atom stereocenters. The van der Waals surface area contributed by atoms with Crippen molar-refractivity contribution in [1.82, 2.24) is 16.0 Å². The molecule has 1 saturated carbocycles. The van der Waals surface area contributed by atoms with Gasteiger partial charge in [-0.1, -0.05) is 12.8 Å². The van der Waals surface area contributed by atoms with E-state index in [4.69, 9.17) is 4.74 Å². The molecule has 0 bridgehead atoms. The standard InChI is InChI=1S/C19H31N3O6/c1-18(2,3)28-17(27)21-13(9-11-5-6-11)15(24)22-19(4,16(25)26)10-12-7-8-20-14(12)23/h11-13H,5-10H2,1-4H3,(H,20,23)(H,21,27)(H,22,24)(H,25,26). The Bertz CT molecular complexity index is 640. The summed E-state index contributed by atoms with van der Waals surface area (Å²) in [5.41, 5.74) is -2.32. The second-order valence-corrected chi connectivity index (χ2v) is 8.99. The third-order valence-electron chi connectivity index (χ3n) is 4.96. The lowest BCUT2D eigenvalue weighted by Gasteiger charge is -2.31. The summed E-state index contributed by atoms with van der Waals surface area (Å²) < 4.78 is 5.22. The van der Waals surface area contributed by atoms with Crippen molar-refractivity contribution in [3.8, 4) is 0 Å². The summed E-state index contributed by atoms with van der Waals surface area (Å²) in [5.74, 6) is -2.16. The van der Waals surface area contributed by atoms with E-state index in [1.165, 1.54) is 6.92 Å². The number of hydrogen-bond acceptors (Lipinski definition) is 5. The maximum atomic E-state index is 12.8. The number of ether oxygens (including phenoxy) is 1. The highest BCUT2D eigenvalue weighted by Gasteiger charge is 2.42. The topological polar surface area (TPSA) is 134 Å². The van der Waals surface area contributed by atoms with Crippen molar-refractivity contribution in [3.05, 3.63) is 0 Å². The van der Waals surface area contributed by atoms with Crippen molar-refractivity contribution in [3.63, 3.8) is 0 Å². The summed E-state index contributed by atoms with van der Waals surface area (Å²) in [5, 5.41) is 17.5. The van der Waals surface area contributed by atoms with Gasteiger partial charge in [0.05, 0.1) is 0 Å². The summed E-state index contributed by atoms with van der Waals surface area (Å²) in [6, 6.07) is -0.890. The van der Waals surface area contributed by atoms with Gasteiger partial charge in [0, 0.05) is 12.5 Å². The first-order valence-electron chi connectivity index (χ1n) is 9.72. The number of nitrogens with one attached hydrogen (secondary N) is 3. The summed E-state index contributed by atoms with van der Waals surface area (Å²) >= 11 is 0. The number of carboxylic acids is 1. The number of carbonyl (C=O) groups is 4. The van der Waals surface area contributed by atoms with E-state index in [1.807, 2.05) is 0 Å². The van der Waals surface area contributed by atoms with Gasteiger partial charge >= 0.3 is 12.1 Å². The molecule has 2 rings (SSSR count). The molecule has 9 heteroatoms. The van der Waals surface area contributed by atoms with Crippen LogP contribution in [0.4, 0.5) is 4.79 Å². The molecule has 0 aromatic rings. The first-order valence-corrected chi connectivity index (χ1v) is 9.72. The van der Waals surface area contributed by atoms with E-state index < -0.39 is 41.1 Å². The Hall–Kier alpha value is -2.32. The molecular formula is C19H31N3O6. The summed E-state index contributed by atoms with van der Waals surface area (Å²) in [6.45, 7) is 7.04. The van der Waals surface area contributed by atoms with Crippen molar-refractivity contribution in [1.29, 1.82) is 0 Å². The van der Waals surface area contributed by atoms with Crippen molar-refractivity contribution >= 4 is 23.9 Å². The normalized spacial score (nSPS) is 22.6. The van der Waals surface area contributed by atoms with Gasteiger partial charge < -0.3 is 25.8 Å². The van der Waals surface area contributed by atoms with E-state index in [2.05, 4.69) is 16.0 Å². The number of hydrogen-bond donors (Lipinski definition) is 4. The maximum Gasteiger partial charge on any atom is 0.408 e. The highest BCUT2D eigenvalue weighted by Crippen LogP contribution is 2.34. The average Bonchev–Trinajstić information content (AvgIpc) is 3.27. The lowest BCUT2D eigenvalue weighted by molar-refractivity contribution is -0.148. The van der Waals surface area contributed by atoms with E-state index in [1.54, 1.807) is 20.8 Å². The van der Waals surface area contributed by atoms with Gasteiger partial charge in [0.15, 0.2) is 0 Å². The minimum absolute atomic E-state index is 0.0114. The molecule has 3 unspecified atom stereocenters. The van der Waals surface area contributed by atoms with Crippen LogP contribution in [0.25, 0.3) is 0 Å². The fourth-order valence-corrected chi connectivity index (χ4v) is 3.25. The van der Waals surface area contributed by atoms with E-state index in [-0.39, 0.29) is 12.3 Å². The molecule has 1 heterocycles. The van der Waals surface area contributed by atoms with Crippen molar-refractivity contribution < 1.29 is 29.0 Å². The largest absolute Gasteiger partial charge is 0.480 e. The van der Waals surface area contributed by atoms with E-state index in [9.17, 15) is 24.3 Å². The quantitative estimate of drug-likeness (QED) is 0.486. The Morgan fingerprint density at radius 1 is 1.21 bits per heavy atom. The van der Waals surface area contributed by atoms with Crippen LogP contribution in [-0.2, 0) is 19.1 Å². The Morgan fingerprint density at radius 3 is 2.32 bits per heavy atom. The molecule has 2 fully saturated rings. The molecule has 1 aliphatic heterocycles. The molecule has 1 saturated heterocycles. The molecule has 0 aromatic heterocycles. The fourth-order valence-electron chi connectivity index (χ4n) is 3.25. The fraction of sp³-hybridized carbons (Fsp3) is 0.789. The van der Waals surface area contributed by atoms with Crippen LogP contribution in [0.3, 0.4) is 0 Å². The Morgan fingerprint density at radius 2 is 1.86 bits per heavy atom. The first-order chi connectivity index (χ1) is 12.9. The number of alkyl carbamates (subject to hydrolysis) is 1. The average molecular weight is 397 g/mol. The van der Waals surface area contributed by atoms with Gasteiger partial charge in [-0.15, -0.1) is 0 Å². The van der Waals surface area contributed by atoms with Crippen molar-refractivity contribution in [2.45, 2.75) is 77.0 Å². The van der Waals surface area contributed by atoms with Crippen LogP contribution in [0.5, 0.6) is 0 Å². The molecule has 1 aliphatic carbocycles. The van der Waals surface area contributed by atoms with Crippen LogP contribution in [0.15, 0.2) is 0 Å². The summed E-state index contributed by atoms with van der Waals surface area (Å²) in [4.78, 5) is 48.6. The minimum Gasteiger partial charge on any atom is -0.480 e. The predicted octanol–water partition coefficient (Wildman–Crippen LogP) is 1.17. The van der Waals surface area contributed by atoms with Gasteiger partial charge in [-0.25, -0.2) is 9.59 Å². The zero-order valence-electron chi connectivity index (χ0n) is 17.0. The number of aliphatic carboxylic acids is 1. The molecule has 2 aliphatic rings. The van der Waals surface area contributed by atoms with Gasteiger partial charge in [0.1, 0.15) is 17.2 Å². The van der Waals surface area contributed by atoms with E-state index >= 15 is 0 Å². The monoisotopic (exact) mass is 397 g/mol. The number of carbonyl (C=O) groups excluding carboxylic acids is 3. The summed E-state index contributed by atoms with van der Waals surface area (Å²) in [6.07, 6.45) is 2.16. The number of amides is 3. The zero-order valence-corrected chi connectivity index (χ0v) is 17.0. The Kier molecular flexibility index (Phi) is 6.56. The molecule has 158 valence electrons. The van der Waals surface area contributed by atoms with Gasteiger partial charge in [0.2, 0.25) is 11.8 Å². The second-order valence-electron chi connectivity index (χ2n) is 8.99. The van der Waals surface area contributed by atoms with E-state index in [0.29, 0.717) is 25.3 Å². The lowest BCUT2D eigenvalue weighted by atomic mass is 9.87. The van der Waals surface area contributed by atoms with Crippen LogP contribution in [0.2, 0.25) is 0 Å². The zero-order chi connectivity index (χ0) is 21.1. The predicted molar refractivity (Wildman–Crippen MR) is 100 cm³/mol. The number of rotatable bonds is 8. The molecule has 28 heavy (non-hydrogen) atoms. The molecule has 3 amide bonds. The molecule has 4 N–H and O–H groups in total. The highest BCUT2D eigenvalue weighted by molar-refractivity contribution is 5.92. The lowest BCUT2D eigenvalue weighted by Crippen LogP contribution is -2.59. The molecule has 0 radical (unpaired) electrons. The smallest absolute Gasteiger partial charge is 0.408 e. The van der Waals surface area contributed by atoms with Crippen LogP contribution in [-0.4, -0.2) is 52.7 Å². The number of carboxylic acid groups (broad SMARTS) is 1. The van der Waals surface area contributed by atoms with Gasteiger partial charge in [-0.3, -0.25) is 9.59 Å². The molecular weight excluding hydrogens is 366 g/mol. The molecule has 0 aromatic carbocycles. The van der Waals surface area contributed by atoms with E-state index in [0.717, 1.165) is 12.8 Å². The highest BCUT2D eigenvalue weighted by atomic mass is 16.6. The van der Waals surface area contributed by atoms with Crippen LogP contribution < -0.4 is 16.0 Å². The molecule has 9 nitrogen and oxygen atoms in total. The van der Waals surface area contributed by atoms with Crippen molar-refractivity contribution in [2.24, 2.45) is 11.8 Å². The van der Waals surface area contributed by atoms with Crippen LogP contribution in [0, 0.1) is 11.8 Å². The van der Waals surface area contributed by atoms with Crippen LogP contribution >= 0.6 is 0 Å². The van der Waals surface area contributed by atoms with Gasteiger partial charge in [-0.2, -0.15) is 0 Å². The third-order valence-corrected chi connectivity index (χ3v) is 4.96. The Balaban J connectivity index is 2.06. The second kappa shape index (κ2) is 8.36. The molecule has 0 spiro atoms. The first kappa shape index (κ1) is 22.0. The van der Waals surface area contributed by atoms with Crippen molar-refractivity contribution in [2.75, 3.05) is 6.54 Å². The van der Waals surface area contributed by atoms with Gasteiger partial charge in [-0.05, 0) is 52.9 Å². The van der Waals surface area contributed by atoms with Crippen LogP contribution in [0.1, 0.15) is 59.8 Å². The summed E-state index contributed by atoms with van der Waals surface area (Å²) in [7, 11) is 0. The SMILES string of the molecule is CC(C)(C)OC(=O)NC(CC1CC1)C(=O)NC(C)(CC1CCNC1=O)C(=O)O. The maximum absolute atomic E-state index is 12.8.